The van der Waals surface area contributed by atoms with Crippen LogP contribution in [0.25, 0.3) is 0 Å². The molecule has 0 aliphatic rings. The first-order valence-electron chi connectivity index (χ1n) is 5.71. The maximum absolute atomic E-state index is 11.5. The Morgan fingerprint density at radius 3 is 2.67 bits per heavy atom. The number of hydrogen-bond donors (Lipinski definition) is 3. The third-order valence-corrected chi connectivity index (χ3v) is 2.00. The minimum absolute atomic E-state index is 0.368. The van der Waals surface area contributed by atoms with Gasteiger partial charge < -0.3 is 15.5 Å². The average Bonchev–Trinajstić information content (AvgIpc) is 2.23. The van der Waals surface area contributed by atoms with Crippen molar-refractivity contribution in [2.75, 3.05) is 5.43 Å². The van der Waals surface area contributed by atoms with E-state index in [-0.39, 0.29) is 0 Å². The van der Waals surface area contributed by atoms with Crippen LogP contribution >= 0.6 is 0 Å². The van der Waals surface area contributed by atoms with Crippen LogP contribution in [0.2, 0.25) is 0 Å². The number of nitrogens with one attached hydrogen (secondary N) is 2. The normalized spacial score (nSPS) is 10.9. The Morgan fingerprint density at radius 2 is 2.11 bits per heavy atom. The molecule has 18 heavy (non-hydrogen) atoms. The number of carbonyl (C=O) groups excluding carboxylic acids is 1. The van der Waals surface area contributed by atoms with E-state index in [1.54, 1.807) is 6.07 Å². The number of nitrogens with zero attached hydrogens (tertiary/aromatic N) is 1. The van der Waals surface area contributed by atoms with Gasteiger partial charge in [0.25, 0.3) is 0 Å². The third kappa shape index (κ3) is 5.01. The molecule has 0 unspecified atom stereocenters. The number of hydrogen-bond acceptors (Lipinski definition) is 5. The molecular weight excluding hydrogens is 232 g/mol. The summed E-state index contributed by atoms with van der Waals surface area (Å²) in [4.78, 5) is 15.6. The number of aromatic nitrogens is 1. The number of nitrogens with two attached hydrogens (primary N) is 1. The van der Waals surface area contributed by atoms with Gasteiger partial charge in [-0.15, -0.1) is 0 Å². The molecule has 0 spiro atoms. The molecule has 4 N–H and O–H groups in total. The molecule has 0 aliphatic heterocycles. The fourth-order valence-electron chi connectivity index (χ4n) is 1.40. The standard InChI is InChI=1S/C12H20N4O2/c1-8-5-9(6-10(15-8)16-13)7-14-11(17)18-12(2,3)4/h5-6H,7,13H2,1-4H3,(H,14,17)(H,15,16). The zero-order valence-corrected chi connectivity index (χ0v) is 11.2. The minimum Gasteiger partial charge on any atom is -0.444 e. The van der Waals surface area contributed by atoms with Crippen LogP contribution in [0.15, 0.2) is 12.1 Å². The number of alkyl carbamates (subject to hydrolysis) is 1. The van der Waals surface area contributed by atoms with Gasteiger partial charge in [-0.05, 0) is 45.4 Å². The molecule has 0 saturated carbocycles. The van der Waals surface area contributed by atoms with E-state index in [0.29, 0.717) is 12.4 Å². The molecule has 6 heteroatoms. The summed E-state index contributed by atoms with van der Waals surface area (Å²) in [5.74, 6) is 5.87. The number of amides is 1. The summed E-state index contributed by atoms with van der Waals surface area (Å²) >= 11 is 0. The molecule has 100 valence electrons. The van der Waals surface area contributed by atoms with E-state index < -0.39 is 11.7 Å². The lowest BCUT2D eigenvalue weighted by Crippen LogP contribution is -2.32. The van der Waals surface area contributed by atoms with Gasteiger partial charge >= 0.3 is 6.09 Å². The summed E-state index contributed by atoms with van der Waals surface area (Å²) in [7, 11) is 0. The number of hydrazine groups is 1. The molecule has 0 aromatic carbocycles. The molecular formula is C12H20N4O2. The predicted octanol–water partition coefficient (Wildman–Crippen LogP) is 1.70. The van der Waals surface area contributed by atoms with Crippen LogP contribution in [0, 0.1) is 6.92 Å². The molecule has 0 fully saturated rings. The van der Waals surface area contributed by atoms with Crippen molar-refractivity contribution in [3.05, 3.63) is 23.4 Å². The molecule has 1 aromatic rings. The number of nitrogen functional groups attached to an aromatic ring is 1. The molecule has 0 saturated heterocycles. The van der Waals surface area contributed by atoms with Gasteiger partial charge in [-0.1, -0.05) is 0 Å². The Labute approximate surface area is 107 Å². The first-order valence-corrected chi connectivity index (χ1v) is 5.71. The molecule has 6 nitrogen and oxygen atoms in total. The first kappa shape index (κ1) is 14.2. The highest BCUT2D eigenvalue weighted by atomic mass is 16.6. The van der Waals surface area contributed by atoms with Gasteiger partial charge in [0.05, 0.1) is 0 Å². The van der Waals surface area contributed by atoms with Gasteiger partial charge in [-0.3, -0.25) is 0 Å². The summed E-state index contributed by atoms with van der Waals surface area (Å²) in [6, 6.07) is 3.64. The summed E-state index contributed by atoms with van der Waals surface area (Å²) in [6.07, 6.45) is -0.445. The van der Waals surface area contributed by atoms with E-state index in [9.17, 15) is 4.79 Å². The van der Waals surface area contributed by atoms with E-state index >= 15 is 0 Å². The van der Waals surface area contributed by atoms with Gasteiger partial charge in [0, 0.05) is 12.2 Å². The minimum atomic E-state index is -0.498. The van der Waals surface area contributed by atoms with E-state index in [2.05, 4.69) is 15.7 Å². The van der Waals surface area contributed by atoms with Crippen molar-refractivity contribution in [3.8, 4) is 0 Å². The van der Waals surface area contributed by atoms with Crippen LogP contribution in [0.3, 0.4) is 0 Å². The van der Waals surface area contributed by atoms with Crippen LogP contribution in [0.5, 0.6) is 0 Å². The van der Waals surface area contributed by atoms with Gasteiger partial charge in [0.2, 0.25) is 0 Å². The number of rotatable bonds is 3. The van der Waals surface area contributed by atoms with Crippen molar-refractivity contribution in [1.29, 1.82) is 0 Å². The molecule has 0 aliphatic carbocycles. The largest absolute Gasteiger partial charge is 0.444 e. The Hall–Kier alpha value is -1.82. The van der Waals surface area contributed by atoms with E-state index in [0.717, 1.165) is 11.3 Å². The van der Waals surface area contributed by atoms with Crippen LogP contribution in [-0.4, -0.2) is 16.7 Å². The third-order valence-electron chi connectivity index (χ3n) is 2.00. The molecule has 0 bridgehead atoms. The number of anilines is 1. The van der Waals surface area contributed by atoms with Crippen LogP contribution < -0.4 is 16.6 Å². The first-order chi connectivity index (χ1) is 8.30. The van der Waals surface area contributed by atoms with Gasteiger partial charge in [-0.2, -0.15) is 0 Å². The van der Waals surface area contributed by atoms with Crippen molar-refractivity contribution in [2.24, 2.45) is 5.84 Å². The second kappa shape index (κ2) is 5.68. The van der Waals surface area contributed by atoms with E-state index in [1.165, 1.54) is 0 Å². The van der Waals surface area contributed by atoms with Crippen molar-refractivity contribution < 1.29 is 9.53 Å². The summed E-state index contributed by atoms with van der Waals surface area (Å²) < 4.78 is 5.14. The van der Waals surface area contributed by atoms with Crippen molar-refractivity contribution in [2.45, 2.75) is 39.8 Å². The van der Waals surface area contributed by atoms with Crippen molar-refractivity contribution in [3.63, 3.8) is 0 Å². The van der Waals surface area contributed by atoms with Crippen molar-refractivity contribution in [1.82, 2.24) is 10.3 Å². The van der Waals surface area contributed by atoms with E-state index in [4.69, 9.17) is 10.6 Å². The summed E-state index contributed by atoms with van der Waals surface area (Å²) in [6.45, 7) is 7.68. The van der Waals surface area contributed by atoms with E-state index in [1.807, 2.05) is 33.8 Å². The number of carbonyl (C=O) groups is 1. The summed E-state index contributed by atoms with van der Waals surface area (Å²) in [5, 5.41) is 2.68. The highest BCUT2D eigenvalue weighted by Crippen LogP contribution is 2.10. The molecule has 0 atom stereocenters. The molecule has 0 radical (unpaired) electrons. The fraction of sp³-hybridized carbons (Fsp3) is 0.500. The Balaban J connectivity index is 2.58. The second-order valence-corrected chi connectivity index (χ2v) is 5.00. The lowest BCUT2D eigenvalue weighted by atomic mass is 10.2. The maximum Gasteiger partial charge on any atom is 0.407 e. The average molecular weight is 252 g/mol. The van der Waals surface area contributed by atoms with Crippen LogP contribution in [0.1, 0.15) is 32.0 Å². The zero-order chi connectivity index (χ0) is 13.8. The molecule has 1 heterocycles. The number of pyridine rings is 1. The molecule has 1 aromatic heterocycles. The lowest BCUT2D eigenvalue weighted by Gasteiger charge is -2.19. The van der Waals surface area contributed by atoms with Gasteiger partial charge in [0.15, 0.2) is 0 Å². The van der Waals surface area contributed by atoms with Crippen LogP contribution in [0.4, 0.5) is 10.6 Å². The fourth-order valence-corrected chi connectivity index (χ4v) is 1.40. The second-order valence-electron chi connectivity index (χ2n) is 5.00. The number of ether oxygens (including phenoxy) is 1. The molecule has 1 rings (SSSR count). The monoisotopic (exact) mass is 252 g/mol. The highest BCUT2D eigenvalue weighted by Gasteiger charge is 2.15. The van der Waals surface area contributed by atoms with Crippen LogP contribution in [-0.2, 0) is 11.3 Å². The SMILES string of the molecule is Cc1cc(CNC(=O)OC(C)(C)C)cc(NN)n1. The quantitative estimate of drug-likeness (QED) is 0.563. The van der Waals surface area contributed by atoms with Gasteiger partial charge in [-0.25, -0.2) is 15.6 Å². The Morgan fingerprint density at radius 1 is 1.44 bits per heavy atom. The highest BCUT2D eigenvalue weighted by molar-refractivity contribution is 5.67. The topological polar surface area (TPSA) is 89.3 Å². The Bertz CT molecular complexity index is 427. The van der Waals surface area contributed by atoms with Gasteiger partial charge in [0.1, 0.15) is 11.4 Å². The Kier molecular flexibility index (Phi) is 4.49. The predicted molar refractivity (Wildman–Crippen MR) is 69.9 cm³/mol. The number of aryl methyl sites for hydroxylation is 1. The summed E-state index contributed by atoms with van der Waals surface area (Å²) in [5.41, 5.74) is 3.71. The maximum atomic E-state index is 11.5. The van der Waals surface area contributed by atoms with Crippen molar-refractivity contribution >= 4 is 11.9 Å². The smallest absolute Gasteiger partial charge is 0.407 e. The lowest BCUT2D eigenvalue weighted by molar-refractivity contribution is 0.0523. The zero-order valence-electron chi connectivity index (χ0n) is 11.2. The molecule has 1 amide bonds.